The molecular weight excluding hydrogens is 267 g/mol. The Bertz CT molecular complexity index is 667. The number of benzene rings is 1. The molecule has 2 rings (SSSR count). The molecule has 100 valence electrons. The van der Waals surface area contributed by atoms with Gasteiger partial charge in [0.25, 0.3) is 5.56 Å². The lowest BCUT2D eigenvalue weighted by Crippen LogP contribution is -2.18. The molecule has 1 heterocycles. The van der Waals surface area contributed by atoms with E-state index in [0.717, 1.165) is 5.69 Å². The molecule has 0 aliphatic rings. The van der Waals surface area contributed by atoms with Gasteiger partial charge in [0.1, 0.15) is 11.6 Å². The number of hydrogen-bond donors (Lipinski definition) is 1. The predicted molar refractivity (Wildman–Crippen MR) is 73.2 cm³/mol. The fraction of sp³-hybridized carbons (Fsp3) is 0.286. The Hall–Kier alpha value is -1.68. The summed E-state index contributed by atoms with van der Waals surface area (Å²) < 4.78 is 13.8. The number of H-pyrrole nitrogens is 1. The third-order valence-corrected chi connectivity index (χ3v) is 3.32. The van der Waals surface area contributed by atoms with E-state index >= 15 is 0 Å². The SMILES string of the molecule is CCc1nc(Cc2cccc(Cl)c2F)[nH]c(=O)c1C. The standard InChI is InChI=1S/C14H14ClFN2O/c1-3-11-8(2)14(19)18-12(17-11)7-9-5-4-6-10(15)13(9)16/h4-6H,3,7H2,1-2H3,(H,17,18,19). The molecule has 0 bridgehead atoms. The summed E-state index contributed by atoms with van der Waals surface area (Å²) in [5, 5.41) is 0.0719. The third-order valence-electron chi connectivity index (χ3n) is 3.03. The van der Waals surface area contributed by atoms with Crippen LogP contribution < -0.4 is 5.56 Å². The van der Waals surface area contributed by atoms with Crippen LogP contribution in [0.5, 0.6) is 0 Å². The van der Waals surface area contributed by atoms with E-state index < -0.39 is 5.82 Å². The molecule has 1 aromatic heterocycles. The lowest BCUT2D eigenvalue weighted by Gasteiger charge is -2.07. The molecular formula is C14H14ClFN2O. The minimum atomic E-state index is -0.467. The number of nitrogens with zero attached hydrogens (tertiary/aromatic N) is 1. The van der Waals surface area contributed by atoms with Crippen LogP contribution in [0.25, 0.3) is 0 Å². The van der Waals surface area contributed by atoms with E-state index in [-0.39, 0.29) is 17.0 Å². The van der Waals surface area contributed by atoms with Gasteiger partial charge in [-0.1, -0.05) is 30.7 Å². The normalized spacial score (nSPS) is 10.7. The predicted octanol–water partition coefficient (Wildman–Crippen LogP) is 3.02. The first-order chi connectivity index (χ1) is 9.02. The summed E-state index contributed by atoms with van der Waals surface area (Å²) in [6.45, 7) is 3.66. The van der Waals surface area contributed by atoms with Gasteiger partial charge in [-0.15, -0.1) is 0 Å². The molecule has 0 amide bonds. The summed E-state index contributed by atoms with van der Waals surface area (Å²) in [6.07, 6.45) is 0.885. The Balaban J connectivity index is 2.41. The monoisotopic (exact) mass is 280 g/mol. The second kappa shape index (κ2) is 5.53. The smallest absolute Gasteiger partial charge is 0.254 e. The number of hydrogen-bond acceptors (Lipinski definition) is 2. The average molecular weight is 281 g/mol. The van der Waals surface area contributed by atoms with Gasteiger partial charge < -0.3 is 4.98 Å². The lowest BCUT2D eigenvalue weighted by atomic mass is 10.1. The van der Waals surface area contributed by atoms with Crippen LogP contribution in [-0.2, 0) is 12.8 Å². The first-order valence-corrected chi connectivity index (χ1v) is 6.42. The molecule has 0 fully saturated rings. The molecule has 1 N–H and O–H groups in total. The highest BCUT2D eigenvalue weighted by molar-refractivity contribution is 6.30. The van der Waals surface area contributed by atoms with E-state index in [4.69, 9.17) is 11.6 Å². The van der Waals surface area contributed by atoms with Crippen molar-refractivity contribution in [2.45, 2.75) is 26.7 Å². The molecule has 0 aliphatic heterocycles. The van der Waals surface area contributed by atoms with Crippen molar-refractivity contribution >= 4 is 11.6 Å². The van der Waals surface area contributed by atoms with Gasteiger partial charge in [0.05, 0.1) is 10.7 Å². The summed E-state index contributed by atoms with van der Waals surface area (Å²) in [5.74, 6) is -0.0148. The van der Waals surface area contributed by atoms with Gasteiger partial charge >= 0.3 is 0 Å². The molecule has 3 nitrogen and oxygen atoms in total. The van der Waals surface area contributed by atoms with E-state index in [1.807, 2.05) is 6.92 Å². The van der Waals surface area contributed by atoms with Crippen LogP contribution in [0.15, 0.2) is 23.0 Å². The zero-order valence-electron chi connectivity index (χ0n) is 10.8. The van der Waals surface area contributed by atoms with Crippen LogP contribution in [-0.4, -0.2) is 9.97 Å². The molecule has 2 aromatic rings. The van der Waals surface area contributed by atoms with Gasteiger partial charge in [0.15, 0.2) is 0 Å². The Kier molecular flexibility index (Phi) is 4.00. The minimum absolute atomic E-state index is 0.0719. The topological polar surface area (TPSA) is 45.8 Å². The van der Waals surface area contributed by atoms with Crippen LogP contribution in [0, 0.1) is 12.7 Å². The van der Waals surface area contributed by atoms with E-state index in [0.29, 0.717) is 23.4 Å². The van der Waals surface area contributed by atoms with E-state index in [1.165, 1.54) is 6.07 Å². The Morgan fingerprint density at radius 3 is 2.84 bits per heavy atom. The quantitative estimate of drug-likeness (QED) is 0.939. The maximum Gasteiger partial charge on any atom is 0.254 e. The molecule has 0 atom stereocenters. The van der Waals surface area contributed by atoms with Crippen LogP contribution in [0.2, 0.25) is 5.02 Å². The summed E-state index contributed by atoms with van der Waals surface area (Å²) in [5.41, 5.74) is 1.59. The van der Waals surface area contributed by atoms with Crippen molar-refractivity contribution < 1.29 is 4.39 Å². The summed E-state index contributed by atoms with van der Waals surface area (Å²) in [7, 11) is 0. The van der Waals surface area contributed by atoms with E-state index in [9.17, 15) is 9.18 Å². The fourth-order valence-corrected chi connectivity index (χ4v) is 2.12. The zero-order chi connectivity index (χ0) is 14.0. The van der Waals surface area contributed by atoms with Crippen LogP contribution in [0.1, 0.15) is 29.6 Å². The van der Waals surface area contributed by atoms with E-state index in [2.05, 4.69) is 9.97 Å². The van der Waals surface area contributed by atoms with Gasteiger partial charge in [-0.05, 0) is 25.0 Å². The molecule has 0 aliphatic carbocycles. The largest absolute Gasteiger partial charge is 0.310 e. The molecule has 5 heteroatoms. The number of rotatable bonds is 3. The first-order valence-electron chi connectivity index (χ1n) is 6.04. The van der Waals surface area contributed by atoms with Crippen molar-refractivity contribution in [3.63, 3.8) is 0 Å². The van der Waals surface area contributed by atoms with E-state index in [1.54, 1.807) is 19.1 Å². The van der Waals surface area contributed by atoms with Crippen molar-refractivity contribution in [1.29, 1.82) is 0 Å². The van der Waals surface area contributed by atoms with Crippen molar-refractivity contribution in [2.75, 3.05) is 0 Å². The molecule has 0 spiro atoms. The van der Waals surface area contributed by atoms with Crippen LogP contribution in [0.3, 0.4) is 0 Å². The second-order valence-corrected chi connectivity index (χ2v) is 4.73. The minimum Gasteiger partial charge on any atom is -0.310 e. The molecule has 0 saturated heterocycles. The molecule has 1 aromatic carbocycles. The number of nitrogens with one attached hydrogen (secondary N) is 1. The highest BCUT2D eigenvalue weighted by atomic mass is 35.5. The van der Waals surface area contributed by atoms with Gasteiger partial charge in [0.2, 0.25) is 0 Å². The Morgan fingerprint density at radius 2 is 2.16 bits per heavy atom. The fourth-order valence-electron chi connectivity index (χ4n) is 1.92. The molecule has 19 heavy (non-hydrogen) atoms. The number of aromatic nitrogens is 2. The summed E-state index contributed by atoms with van der Waals surface area (Å²) in [4.78, 5) is 18.8. The van der Waals surface area contributed by atoms with Crippen LogP contribution >= 0.6 is 11.6 Å². The van der Waals surface area contributed by atoms with Gasteiger partial charge in [-0.25, -0.2) is 9.37 Å². The van der Waals surface area contributed by atoms with Crippen molar-refractivity contribution in [3.05, 3.63) is 62.0 Å². The number of halogens is 2. The maximum absolute atomic E-state index is 13.8. The van der Waals surface area contributed by atoms with Crippen molar-refractivity contribution in [3.8, 4) is 0 Å². The molecule has 0 saturated carbocycles. The molecule has 0 unspecified atom stereocenters. The zero-order valence-corrected chi connectivity index (χ0v) is 11.5. The molecule has 0 radical (unpaired) electrons. The number of aryl methyl sites for hydroxylation is 1. The highest BCUT2D eigenvalue weighted by Gasteiger charge is 2.10. The van der Waals surface area contributed by atoms with Crippen molar-refractivity contribution in [1.82, 2.24) is 9.97 Å². The lowest BCUT2D eigenvalue weighted by molar-refractivity contribution is 0.612. The summed E-state index contributed by atoms with van der Waals surface area (Å²) >= 11 is 5.73. The highest BCUT2D eigenvalue weighted by Crippen LogP contribution is 2.19. The Labute approximate surface area is 115 Å². The van der Waals surface area contributed by atoms with Gasteiger partial charge in [-0.3, -0.25) is 4.79 Å². The van der Waals surface area contributed by atoms with Crippen LogP contribution in [0.4, 0.5) is 4.39 Å². The first kappa shape index (κ1) is 13.7. The van der Waals surface area contributed by atoms with Gasteiger partial charge in [0, 0.05) is 12.0 Å². The number of aromatic amines is 1. The average Bonchev–Trinajstić information content (AvgIpc) is 2.39. The maximum atomic E-state index is 13.8. The third kappa shape index (κ3) is 2.84. The Morgan fingerprint density at radius 1 is 1.42 bits per heavy atom. The second-order valence-electron chi connectivity index (χ2n) is 4.33. The van der Waals surface area contributed by atoms with Gasteiger partial charge in [-0.2, -0.15) is 0 Å². The summed E-state index contributed by atoms with van der Waals surface area (Å²) in [6, 6.07) is 4.80. The van der Waals surface area contributed by atoms with Crippen molar-refractivity contribution in [2.24, 2.45) is 0 Å².